The lowest BCUT2D eigenvalue weighted by Crippen LogP contribution is -2.25. The third-order valence-corrected chi connectivity index (χ3v) is 12.2. The van der Waals surface area contributed by atoms with Crippen LogP contribution in [0.3, 0.4) is 0 Å². The molecule has 10 rings (SSSR count). The fourth-order valence-electron chi connectivity index (χ4n) is 8.34. The number of benzene rings is 7. The molecule has 0 saturated carbocycles. The Labute approximate surface area is 307 Å². The van der Waals surface area contributed by atoms with Crippen molar-refractivity contribution in [1.29, 1.82) is 0 Å². The van der Waals surface area contributed by atoms with E-state index in [1.54, 1.807) is 0 Å². The average Bonchev–Trinajstić information content (AvgIpc) is 3.80. The van der Waals surface area contributed by atoms with Gasteiger partial charge in [0.15, 0.2) is 6.29 Å². The van der Waals surface area contributed by atoms with Gasteiger partial charge in [-0.25, -0.2) is 0 Å². The SMILES string of the molecule is CC1(C)c2cc(-c3cccc4c3sc3ccccc34)ccc2-c2cc3c(cc21)c1ccccc1n3C(N=Cc1ccccc1)NCc1ccccc1. The van der Waals surface area contributed by atoms with Gasteiger partial charge in [-0.1, -0.05) is 141 Å². The molecule has 0 spiro atoms. The molecule has 250 valence electrons. The minimum Gasteiger partial charge on any atom is -0.305 e. The van der Waals surface area contributed by atoms with Crippen molar-refractivity contribution in [2.24, 2.45) is 4.99 Å². The maximum atomic E-state index is 5.23. The quantitative estimate of drug-likeness (QED) is 0.166. The van der Waals surface area contributed by atoms with E-state index in [0.29, 0.717) is 6.54 Å². The molecule has 1 unspecified atom stereocenters. The van der Waals surface area contributed by atoms with Gasteiger partial charge >= 0.3 is 0 Å². The van der Waals surface area contributed by atoms with Crippen LogP contribution in [-0.4, -0.2) is 10.8 Å². The predicted octanol–water partition coefficient (Wildman–Crippen LogP) is 12.5. The molecule has 1 aliphatic carbocycles. The van der Waals surface area contributed by atoms with Crippen molar-refractivity contribution in [3.05, 3.63) is 180 Å². The molecule has 7 aromatic carbocycles. The number of thiophene rings is 1. The highest BCUT2D eigenvalue weighted by Gasteiger charge is 2.37. The molecule has 1 aliphatic rings. The monoisotopic (exact) mass is 687 g/mol. The Morgan fingerprint density at radius 3 is 2.17 bits per heavy atom. The zero-order valence-electron chi connectivity index (χ0n) is 29.2. The molecule has 0 fully saturated rings. The summed E-state index contributed by atoms with van der Waals surface area (Å²) in [5, 5.41) is 8.98. The molecular weight excluding hydrogens is 651 g/mol. The number of hydrogen-bond acceptors (Lipinski definition) is 3. The largest absolute Gasteiger partial charge is 0.305 e. The third-order valence-electron chi connectivity index (χ3n) is 11.0. The number of nitrogens with zero attached hydrogens (tertiary/aromatic N) is 2. The fraction of sp³-hybridized carbons (Fsp3) is 0.104. The number of aromatic nitrogens is 1. The summed E-state index contributed by atoms with van der Waals surface area (Å²) in [6, 6.07) is 57.3. The summed E-state index contributed by atoms with van der Waals surface area (Å²) in [5.74, 6) is 0. The Hall–Kier alpha value is -5.81. The van der Waals surface area contributed by atoms with Crippen LogP contribution in [0.25, 0.3) is 64.2 Å². The molecule has 0 aliphatic heterocycles. The van der Waals surface area contributed by atoms with Crippen LogP contribution < -0.4 is 5.32 Å². The van der Waals surface area contributed by atoms with E-state index in [1.807, 2.05) is 23.6 Å². The van der Waals surface area contributed by atoms with Crippen LogP contribution in [0.15, 0.2) is 163 Å². The molecule has 0 radical (unpaired) electrons. The number of para-hydroxylation sites is 1. The van der Waals surface area contributed by atoms with Crippen LogP contribution in [0.1, 0.15) is 42.4 Å². The zero-order valence-corrected chi connectivity index (χ0v) is 30.0. The van der Waals surface area contributed by atoms with Crippen molar-refractivity contribution in [2.45, 2.75) is 32.1 Å². The molecule has 0 bridgehead atoms. The lowest BCUT2D eigenvalue weighted by Gasteiger charge is -2.22. The molecular formula is C48H37N3S. The molecule has 1 N–H and O–H groups in total. The highest BCUT2D eigenvalue weighted by Crippen LogP contribution is 2.52. The van der Waals surface area contributed by atoms with Crippen molar-refractivity contribution < 1.29 is 0 Å². The van der Waals surface area contributed by atoms with Crippen molar-refractivity contribution in [3.8, 4) is 22.3 Å². The Balaban J connectivity index is 1.14. The van der Waals surface area contributed by atoms with Gasteiger partial charge in [0.1, 0.15) is 0 Å². The van der Waals surface area contributed by atoms with Crippen molar-refractivity contribution in [1.82, 2.24) is 9.88 Å². The third kappa shape index (κ3) is 4.94. The van der Waals surface area contributed by atoms with Gasteiger partial charge in [0.05, 0.1) is 11.0 Å². The van der Waals surface area contributed by atoms with Gasteiger partial charge in [0, 0.05) is 49.1 Å². The molecule has 9 aromatic rings. The smallest absolute Gasteiger partial charge is 0.180 e. The summed E-state index contributed by atoms with van der Waals surface area (Å²) in [6.07, 6.45) is 1.67. The number of nitrogens with one attached hydrogen (secondary N) is 1. The van der Waals surface area contributed by atoms with Crippen LogP contribution in [0.2, 0.25) is 0 Å². The summed E-state index contributed by atoms with van der Waals surface area (Å²) in [5.41, 5.74) is 12.4. The van der Waals surface area contributed by atoms with E-state index in [2.05, 4.69) is 175 Å². The van der Waals surface area contributed by atoms with Crippen molar-refractivity contribution >= 4 is 59.5 Å². The van der Waals surface area contributed by atoms with Crippen LogP contribution in [0, 0.1) is 0 Å². The average molecular weight is 688 g/mol. The molecule has 52 heavy (non-hydrogen) atoms. The Kier molecular flexibility index (Phi) is 7.24. The lowest BCUT2D eigenvalue weighted by atomic mass is 9.81. The van der Waals surface area contributed by atoms with Gasteiger partial charge in [-0.15, -0.1) is 11.3 Å². The molecule has 0 saturated heterocycles. The van der Waals surface area contributed by atoms with Gasteiger partial charge in [0.25, 0.3) is 0 Å². The van der Waals surface area contributed by atoms with Crippen LogP contribution in [0.5, 0.6) is 0 Å². The van der Waals surface area contributed by atoms with E-state index >= 15 is 0 Å². The van der Waals surface area contributed by atoms with E-state index in [9.17, 15) is 0 Å². The Morgan fingerprint density at radius 1 is 0.615 bits per heavy atom. The molecule has 2 heterocycles. The first-order chi connectivity index (χ1) is 25.5. The molecule has 4 heteroatoms. The van der Waals surface area contributed by atoms with Crippen LogP contribution in [0.4, 0.5) is 0 Å². The summed E-state index contributed by atoms with van der Waals surface area (Å²) < 4.78 is 5.09. The second-order valence-electron chi connectivity index (χ2n) is 14.4. The van der Waals surface area contributed by atoms with E-state index < -0.39 is 0 Å². The van der Waals surface area contributed by atoms with E-state index in [-0.39, 0.29) is 11.7 Å². The highest BCUT2D eigenvalue weighted by atomic mass is 32.1. The Morgan fingerprint density at radius 2 is 1.33 bits per heavy atom. The number of aliphatic imine (C=N–C) groups is 1. The summed E-state index contributed by atoms with van der Waals surface area (Å²) in [6.45, 7) is 5.48. The van der Waals surface area contributed by atoms with Gasteiger partial charge in [-0.3, -0.25) is 10.3 Å². The van der Waals surface area contributed by atoms with Gasteiger partial charge < -0.3 is 4.57 Å². The topological polar surface area (TPSA) is 29.3 Å². The summed E-state index contributed by atoms with van der Waals surface area (Å²) in [4.78, 5) is 5.23. The van der Waals surface area contributed by atoms with Gasteiger partial charge in [0.2, 0.25) is 0 Å². The highest BCUT2D eigenvalue weighted by molar-refractivity contribution is 7.26. The lowest BCUT2D eigenvalue weighted by molar-refractivity contribution is 0.440. The van der Waals surface area contributed by atoms with Gasteiger partial charge in [-0.05, 0) is 74.8 Å². The van der Waals surface area contributed by atoms with Crippen LogP contribution in [-0.2, 0) is 12.0 Å². The first-order valence-electron chi connectivity index (χ1n) is 18.0. The van der Waals surface area contributed by atoms with E-state index in [0.717, 1.165) is 5.56 Å². The van der Waals surface area contributed by atoms with Crippen molar-refractivity contribution in [2.75, 3.05) is 0 Å². The Bertz CT molecular complexity index is 2820. The number of rotatable bonds is 7. The van der Waals surface area contributed by atoms with E-state index in [1.165, 1.54) is 80.9 Å². The number of fused-ring (bicyclic) bond motifs is 9. The van der Waals surface area contributed by atoms with Crippen molar-refractivity contribution in [3.63, 3.8) is 0 Å². The second kappa shape index (κ2) is 12.2. The predicted molar refractivity (Wildman–Crippen MR) is 222 cm³/mol. The second-order valence-corrected chi connectivity index (χ2v) is 15.4. The zero-order chi connectivity index (χ0) is 34.8. The maximum Gasteiger partial charge on any atom is 0.180 e. The van der Waals surface area contributed by atoms with E-state index in [4.69, 9.17) is 4.99 Å². The first-order valence-corrected chi connectivity index (χ1v) is 18.8. The molecule has 1 atom stereocenters. The minimum atomic E-state index is -0.320. The van der Waals surface area contributed by atoms with Crippen LogP contribution >= 0.6 is 11.3 Å². The normalized spacial score (nSPS) is 14.1. The standard InChI is InChI=1S/C48H37N3S/c1-48(2)41-26-33(34-20-13-21-38-37-19-10-12-23-45(37)52-46(34)38)24-25-35(41)39-28-44-40(27-42(39)48)36-18-9-11-22-43(36)51(44)47(49-29-31-14-5-3-6-15-31)50-30-32-16-7-4-8-17-32/h3-29,47,50H,30H2,1-2H3. The maximum absolute atomic E-state index is 5.23. The summed E-state index contributed by atoms with van der Waals surface area (Å²) >= 11 is 1.90. The molecule has 0 amide bonds. The molecule has 2 aromatic heterocycles. The number of hydrogen-bond donors (Lipinski definition) is 1. The fourth-order valence-corrected chi connectivity index (χ4v) is 9.58. The van der Waals surface area contributed by atoms with Gasteiger partial charge in [-0.2, -0.15) is 0 Å². The summed E-state index contributed by atoms with van der Waals surface area (Å²) in [7, 11) is 0. The minimum absolute atomic E-state index is 0.164. The first kappa shape index (κ1) is 31.0. The molecule has 3 nitrogen and oxygen atoms in total.